The van der Waals surface area contributed by atoms with E-state index in [4.69, 9.17) is 11.6 Å². The topological polar surface area (TPSA) is 37.8 Å². The van der Waals surface area contributed by atoms with Crippen LogP contribution in [-0.4, -0.2) is 15.5 Å². The lowest BCUT2D eigenvalue weighted by Crippen LogP contribution is -2.33. The van der Waals surface area contributed by atoms with Gasteiger partial charge >= 0.3 is 0 Å². The van der Waals surface area contributed by atoms with Gasteiger partial charge in [0.25, 0.3) is 0 Å². The first-order valence-electron chi connectivity index (χ1n) is 4.84. The predicted molar refractivity (Wildman–Crippen MR) is 57.5 cm³/mol. The highest BCUT2D eigenvalue weighted by Crippen LogP contribution is 2.40. The van der Waals surface area contributed by atoms with Crippen molar-refractivity contribution in [2.45, 2.75) is 32.2 Å². The molecule has 0 amide bonds. The first-order valence-corrected chi connectivity index (χ1v) is 5.21. The van der Waals surface area contributed by atoms with Crippen LogP contribution in [0.1, 0.15) is 26.7 Å². The summed E-state index contributed by atoms with van der Waals surface area (Å²) >= 11 is 5.78. The van der Waals surface area contributed by atoms with Crippen LogP contribution in [0.3, 0.4) is 0 Å². The fourth-order valence-electron chi connectivity index (χ4n) is 1.64. The molecule has 1 aliphatic rings. The van der Waals surface area contributed by atoms with Crippen molar-refractivity contribution in [3.8, 4) is 0 Å². The minimum atomic E-state index is 0.109. The third-order valence-electron chi connectivity index (χ3n) is 2.68. The molecule has 1 saturated carbocycles. The van der Waals surface area contributed by atoms with Crippen molar-refractivity contribution in [3.63, 3.8) is 0 Å². The van der Waals surface area contributed by atoms with E-state index in [2.05, 4.69) is 29.1 Å². The molecular formula is C10H14ClN3. The Morgan fingerprint density at radius 2 is 2.14 bits per heavy atom. The standard InChI is InChI=1S/C10H14ClN3/c1-10(2,7-3-4-7)14-9-5-8(11)12-6-13-9/h5-7H,3-4H2,1-2H3,(H,12,13,14). The van der Waals surface area contributed by atoms with Crippen molar-refractivity contribution in [1.29, 1.82) is 0 Å². The highest BCUT2D eigenvalue weighted by molar-refractivity contribution is 6.29. The molecule has 1 aromatic heterocycles. The summed E-state index contributed by atoms with van der Waals surface area (Å²) < 4.78 is 0. The molecule has 0 bridgehead atoms. The summed E-state index contributed by atoms with van der Waals surface area (Å²) in [6.45, 7) is 4.39. The second kappa shape index (κ2) is 3.39. The normalized spacial score (nSPS) is 16.8. The molecule has 0 atom stereocenters. The van der Waals surface area contributed by atoms with E-state index in [9.17, 15) is 0 Å². The van der Waals surface area contributed by atoms with Gasteiger partial charge in [0.1, 0.15) is 17.3 Å². The molecule has 0 aliphatic heterocycles. The summed E-state index contributed by atoms with van der Waals surface area (Å²) in [5.41, 5.74) is 0.109. The molecule has 4 heteroatoms. The number of nitrogens with zero attached hydrogens (tertiary/aromatic N) is 2. The lowest BCUT2D eigenvalue weighted by atomic mass is 9.99. The zero-order valence-electron chi connectivity index (χ0n) is 8.42. The molecule has 1 aliphatic carbocycles. The van der Waals surface area contributed by atoms with Gasteiger partial charge in [-0.05, 0) is 32.6 Å². The fraction of sp³-hybridized carbons (Fsp3) is 0.600. The molecule has 0 aromatic carbocycles. The summed E-state index contributed by atoms with van der Waals surface area (Å²) in [6, 6.07) is 1.76. The zero-order valence-corrected chi connectivity index (χ0v) is 9.17. The summed E-state index contributed by atoms with van der Waals surface area (Å²) in [4.78, 5) is 7.97. The Kier molecular flexibility index (Phi) is 2.35. The van der Waals surface area contributed by atoms with E-state index in [1.54, 1.807) is 6.07 Å². The van der Waals surface area contributed by atoms with Gasteiger partial charge in [0.05, 0.1) is 0 Å². The quantitative estimate of drug-likeness (QED) is 0.782. The van der Waals surface area contributed by atoms with Crippen LogP contribution in [0, 0.1) is 5.92 Å². The number of halogens is 1. The SMILES string of the molecule is CC(C)(Nc1cc(Cl)ncn1)C1CC1. The van der Waals surface area contributed by atoms with Crippen molar-refractivity contribution >= 4 is 17.4 Å². The van der Waals surface area contributed by atoms with Crippen LogP contribution in [0.25, 0.3) is 0 Å². The largest absolute Gasteiger partial charge is 0.365 e. The Morgan fingerprint density at radius 1 is 1.43 bits per heavy atom. The summed E-state index contributed by atoms with van der Waals surface area (Å²) in [7, 11) is 0. The minimum Gasteiger partial charge on any atom is -0.365 e. The maximum atomic E-state index is 5.78. The number of aromatic nitrogens is 2. The first kappa shape index (κ1) is 9.71. The van der Waals surface area contributed by atoms with Crippen LogP contribution >= 0.6 is 11.6 Å². The molecule has 0 saturated heterocycles. The monoisotopic (exact) mass is 211 g/mol. The van der Waals surface area contributed by atoms with Gasteiger partial charge in [-0.15, -0.1) is 0 Å². The van der Waals surface area contributed by atoms with Crippen LogP contribution < -0.4 is 5.32 Å². The van der Waals surface area contributed by atoms with Gasteiger partial charge in [-0.2, -0.15) is 0 Å². The Balaban J connectivity index is 2.09. The summed E-state index contributed by atoms with van der Waals surface area (Å²) in [5.74, 6) is 1.57. The lowest BCUT2D eigenvalue weighted by molar-refractivity contribution is 0.492. The van der Waals surface area contributed by atoms with E-state index in [0.29, 0.717) is 5.15 Å². The maximum absolute atomic E-state index is 5.78. The summed E-state index contributed by atoms with van der Waals surface area (Å²) in [5, 5.41) is 3.87. The fourth-order valence-corrected chi connectivity index (χ4v) is 1.79. The number of hydrogen-bond donors (Lipinski definition) is 1. The molecule has 1 heterocycles. The highest BCUT2D eigenvalue weighted by Gasteiger charge is 2.37. The van der Waals surface area contributed by atoms with Gasteiger partial charge in [-0.1, -0.05) is 11.6 Å². The maximum Gasteiger partial charge on any atom is 0.134 e. The molecule has 2 rings (SSSR count). The first-order chi connectivity index (χ1) is 6.58. The zero-order chi connectivity index (χ0) is 10.2. The molecular weight excluding hydrogens is 198 g/mol. The van der Waals surface area contributed by atoms with Crippen LogP contribution in [0.4, 0.5) is 5.82 Å². The second-order valence-electron chi connectivity index (χ2n) is 4.35. The Bertz CT molecular complexity index is 334. The van der Waals surface area contributed by atoms with Gasteiger partial charge in [0, 0.05) is 11.6 Å². The lowest BCUT2D eigenvalue weighted by Gasteiger charge is -2.26. The minimum absolute atomic E-state index is 0.109. The Hall–Kier alpha value is -0.830. The summed E-state index contributed by atoms with van der Waals surface area (Å²) in [6.07, 6.45) is 4.09. The van der Waals surface area contributed by atoms with Crippen molar-refractivity contribution in [3.05, 3.63) is 17.5 Å². The molecule has 76 valence electrons. The highest BCUT2D eigenvalue weighted by atomic mass is 35.5. The second-order valence-corrected chi connectivity index (χ2v) is 4.73. The van der Waals surface area contributed by atoms with Gasteiger partial charge < -0.3 is 5.32 Å². The van der Waals surface area contributed by atoms with Crippen molar-refractivity contribution in [1.82, 2.24) is 9.97 Å². The average molecular weight is 212 g/mol. The molecule has 0 unspecified atom stereocenters. The molecule has 1 aromatic rings. The molecule has 3 nitrogen and oxygen atoms in total. The third kappa shape index (κ3) is 2.15. The molecule has 0 spiro atoms. The van der Waals surface area contributed by atoms with Crippen LogP contribution in [0.5, 0.6) is 0 Å². The average Bonchev–Trinajstić information content (AvgIpc) is 2.84. The van der Waals surface area contributed by atoms with E-state index >= 15 is 0 Å². The van der Waals surface area contributed by atoms with E-state index in [1.807, 2.05) is 0 Å². The van der Waals surface area contributed by atoms with E-state index in [0.717, 1.165) is 11.7 Å². The molecule has 1 fully saturated rings. The predicted octanol–water partition coefficient (Wildman–Crippen LogP) is 2.73. The van der Waals surface area contributed by atoms with Crippen LogP contribution in [0.2, 0.25) is 5.15 Å². The van der Waals surface area contributed by atoms with Crippen LogP contribution in [-0.2, 0) is 0 Å². The Morgan fingerprint density at radius 3 is 2.71 bits per heavy atom. The van der Waals surface area contributed by atoms with Crippen molar-refractivity contribution in [2.24, 2.45) is 5.92 Å². The molecule has 0 radical (unpaired) electrons. The molecule has 14 heavy (non-hydrogen) atoms. The smallest absolute Gasteiger partial charge is 0.134 e. The van der Waals surface area contributed by atoms with Gasteiger partial charge in [-0.3, -0.25) is 0 Å². The van der Waals surface area contributed by atoms with Crippen LogP contribution in [0.15, 0.2) is 12.4 Å². The number of anilines is 1. The molecule has 1 N–H and O–H groups in total. The van der Waals surface area contributed by atoms with Crippen molar-refractivity contribution in [2.75, 3.05) is 5.32 Å². The number of rotatable bonds is 3. The van der Waals surface area contributed by atoms with Gasteiger partial charge in [0.2, 0.25) is 0 Å². The van der Waals surface area contributed by atoms with Gasteiger partial charge in [0.15, 0.2) is 0 Å². The third-order valence-corrected chi connectivity index (χ3v) is 2.89. The number of hydrogen-bond acceptors (Lipinski definition) is 3. The van der Waals surface area contributed by atoms with E-state index in [-0.39, 0.29) is 5.54 Å². The Labute approximate surface area is 88.9 Å². The number of nitrogens with one attached hydrogen (secondary N) is 1. The van der Waals surface area contributed by atoms with E-state index in [1.165, 1.54) is 19.2 Å². The van der Waals surface area contributed by atoms with Gasteiger partial charge in [-0.25, -0.2) is 9.97 Å². The van der Waals surface area contributed by atoms with Crippen molar-refractivity contribution < 1.29 is 0 Å². The van der Waals surface area contributed by atoms with E-state index < -0.39 is 0 Å².